The molecule has 4 rings (SSSR count). The first kappa shape index (κ1) is 20.7. The second-order valence-electron chi connectivity index (χ2n) is 6.64. The molecule has 0 amide bonds. The number of ether oxygens (including phenoxy) is 1. The summed E-state index contributed by atoms with van der Waals surface area (Å²) < 4.78 is 60.8. The Morgan fingerprint density at radius 2 is 1.77 bits per heavy atom. The van der Waals surface area contributed by atoms with Crippen LogP contribution in [0.4, 0.5) is 23.5 Å². The molecule has 1 aromatic heterocycles. The van der Waals surface area contributed by atoms with Crippen LogP contribution in [0.5, 0.6) is 0 Å². The molecule has 0 saturated carbocycles. The first-order valence-corrected chi connectivity index (χ1v) is 10.2. The van der Waals surface area contributed by atoms with E-state index >= 15 is 0 Å². The highest BCUT2D eigenvalue weighted by Gasteiger charge is 2.33. The van der Waals surface area contributed by atoms with Gasteiger partial charge >= 0.3 is 6.18 Å². The molecular formula is C20H18F4N4OS. The predicted molar refractivity (Wildman–Crippen MR) is 105 cm³/mol. The van der Waals surface area contributed by atoms with Gasteiger partial charge in [0, 0.05) is 18.8 Å². The van der Waals surface area contributed by atoms with Crippen molar-refractivity contribution in [3.63, 3.8) is 0 Å². The van der Waals surface area contributed by atoms with Crippen molar-refractivity contribution in [1.82, 2.24) is 14.8 Å². The third kappa shape index (κ3) is 4.44. The van der Waals surface area contributed by atoms with Crippen LogP contribution in [0.2, 0.25) is 0 Å². The zero-order chi connectivity index (χ0) is 21.1. The summed E-state index contributed by atoms with van der Waals surface area (Å²) in [4.78, 5) is 1.97. The third-order valence-corrected chi connectivity index (χ3v) is 5.63. The Morgan fingerprint density at radius 1 is 1.00 bits per heavy atom. The summed E-state index contributed by atoms with van der Waals surface area (Å²) in [5.41, 5.74) is -0.0208. The van der Waals surface area contributed by atoms with Crippen LogP contribution >= 0.6 is 11.8 Å². The number of hydrogen-bond acceptors (Lipinski definition) is 5. The van der Waals surface area contributed by atoms with Crippen LogP contribution < -0.4 is 4.90 Å². The lowest BCUT2D eigenvalue weighted by Gasteiger charge is -2.28. The first-order valence-electron chi connectivity index (χ1n) is 9.25. The lowest BCUT2D eigenvalue weighted by molar-refractivity contribution is -0.138. The highest BCUT2D eigenvalue weighted by Crippen LogP contribution is 2.35. The summed E-state index contributed by atoms with van der Waals surface area (Å²) in [5.74, 6) is 0.134. The Labute approximate surface area is 174 Å². The van der Waals surface area contributed by atoms with Gasteiger partial charge < -0.3 is 9.64 Å². The molecule has 1 aliphatic rings. The van der Waals surface area contributed by atoms with Crippen molar-refractivity contribution in [2.45, 2.75) is 17.1 Å². The average molecular weight is 438 g/mol. The standard InChI is InChI=1S/C20H18F4N4OS/c21-15-5-3-6-16(12-15)28-18(27-8-10-29-11-9-27)25-26-19(28)30-13-14-4-1-2-7-17(14)20(22,23)24/h1-7,12H,8-11,13H2. The van der Waals surface area contributed by atoms with Crippen molar-refractivity contribution in [3.05, 3.63) is 65.5 Å². The highest BCUT2D eigenvalue weighted by molar-refractivity contribution is 7.98. The van der Waals surface area contributed by atoms with E-state index in [1.54, 1.807) is 22.8 Å². The zero-order valence-corrected chi connectivity index (χ0v) is 16.6. The number of anilines is 1. The number of aromatic nitrogens is 3. The summed E-state index contributed by atoms with van der Waals surface area (Å²) in [7, 11) is 0. The number of halogens is 4. The molecule has 2 heterocycles. The maximum atomic E-state index is 13.9. The van der Waals surface area contributed by atoms with E-state index in [1.165, 1.54) is 24.3 Å². The minimum atomic E-state index is -4.44. The van der Waals surface area contributed by atoms with Crippen LogP contribution in [0.25, 0.3) is 5.69 Å². The molecule has 1 aliphatic heterocycles. The number of hydrogen-bond donors (Lipinski definition) is 0. The van der Waals surface area contributed by atoms with Crippen LogP contribution in [0.15, 0.2) is 53.7 Å². The number of thioether (sulfide) groups is 1. The SMILES string of the molecule is Fc1cccc(-n2c(SCc3ccccc3C(F)(F)F)nnc2N2CCOCC2)c1. The summed E-state index contributed by atoms with van der Waals surface area (Å²) in [6.45, 7) is 2.24. The average Bonchev–Trinajstić information content (AvgIpc) is 3.16. The summed E-state index contributed by atoms with van der Waals surface area (Å²) in [6, 6.07) is 11.4. The van der Waals surface area contributed by atoms with E-state index in [-0.39, 0.29) is 11.3 Å². The van der Waals surface area contributed by atoms with Gasteiger partial charge in [-0.25, -0.2) is 4.39 Å². The van der Waals surface area contributed by atoms with Crippen LogP contribution in [0.3, 0.4) is 0 Å². The molecule has 3 aromatic rings. The van der Waals surface area contributed by atoms with Crippen molar-refractivity contribution >= 4 is 17.7 Å². The molecule has 5 nitrogen and oxygen atoms in total. The minimum Gasteiger partial charge on any atom is -0.378 e. The molecule has 10 heteroatoms. The van der Waals surface area contributed by atoms with Gasteiger partial charge in [0.25, 0.3) is 0 Å². The van der Waals surface area contributed by atoms with Gasteiger partial charge in [-0.1, -0.05) is 36.0 Å². The second kappa shape index (κ2) is 8.65. The maximum absolute atomic E-state index is 13.9. The molecule has 0 atom stereocenters. The molecule has 1 fully saturated rings. The topological polar surface area (TPSA) is 43.2 Å². The fourth-order valence-corrected chi connectivity index (χ4v) is 4.18. The lowest BCUT2D eigenvalue weighted by atomic mass is 10.1. The van der Waals surface area contributed by atoms with Gasteiger partial charge in [0.1, 0.15) is 5.82 Å². The van der Waals surface area contributed by atoms with Crippen LogP contribution in [0.1, 0.15) is 11.1 Å². The van der Waals surface area contributed by atoms with E-state index < -0.39 is 17.6 Å². The second-order valence-corrected chi connectivity index (χ2v) is 7.58. The zero-order valence-electron chi connectivity index (χ0n) is 15.8. The predicted octanol–water partition coefficient (Wildman–Crippen LogP) is 4.55. The van der Waals surface area contributed by atoms with Gasteiger partial charge in [-0.3, -0.25) is 4.57 Å². The minimum absolute atomic E-state index is 0.0479. The molecule has 0 N–H and O–H groups in total. The fourth-order valence-electron chi connectivity index (χ4n) is 3.23. The van der Waals surface area contributed by atoms with Crippen LogP contribution in [0, 0.1) is 5.82 Å². The third-order valence-electron chi connectivity index (χ3n) is 4.66. The van der Waals surface area contributed by atoms with Crippen molar-refractivity contribution in [1.29, 1.82) is 0 Å². The molecule has 0 bridgehead atoms. The van der Waals surface area contributed by atoms with E-state index in [0.29, 0.717) is 43.1 Å². The van der Waals surface area contributed by atoms with E-state index in [2.05, 4.69) is 10.2 Å². The van der Waals surface area contributed by atoms with Crippen molar-refractivity contribution < 1.29 is 22.3 Å². The molecule has 0 spiro atoms. The van der Waals surface area contributed by atoms with Crippen molar-refractivity contribution in [3.8, 4) is 5.69 Å². The van der Waals surface area contributed by atoms with Crippen molar-refractivity contribution in [2.24, 2.45) is 0 Å². The lowest BCUT2D eigenvalue weighted by Crippen LogP contribution is -2.37. The molecule has 0 unspecified atom stereocenters. The number of benzene rings is 2. The molecule has 2 aromatic carbocycles. The highest BCUT2D eigenvalue weighted by atomic mass is 32.2. The number of morpholine rings is 1. The van der Waals surface area contributed by atoms with Crippen molar-refractivity contribution in [2.75, 3.05) is 31.2 Å². The van der Waals surface area contributed by atoms with Gasteiger partial charge in [0.2, 0.25) is 5.95 Å². The Hall–Kier alpha value is -2.59. The molecule has 30 heavy (non-hydrogen) atoms. The quantitative estimate of drug-likeness (QED) is 0.432. The maximum Gasteiger partial charge on any atom is 0.416 e. The molecule has 0 radical (unpaired) electrons. The van der Waals surface area contributed by atoms with Gasteiger partial charge in [-0.05, 0) is 29.8 Å². The van der Waals surface area contributed by atoms with E-state index in [4.69, 9.17) is 4.74 Å². The normalized spacial score (nSPS) is 14.9. The molecule has 1 saturated heterocycles. The summed E-state index contributed by atoms with van der Waals surface area (Å²) in [5, 5.41) is 8.83. The van der Waals surface area contributed by atoms with E-state index in [9.17, 15) is 17.6 Å². The first-order chi connectivity index (χ1) is 14.4. The Balaban J connectivity index is 1.68. The van der Waals surface area contributed by atoms with Gasteiger partial charge in [0.15, 0.2) is 5.16 Å². The molecule has 0 aliphatic carbocycles. The van der Waals surface area contributed by atoms with E-state index in [0.717, 1.165) is 17.8 Å². The fraction of sp³-hybridized carbons (Fsp3) is 0.300. The Bertz CT molecular complexity index is 1020. The number of rotatable bonds is 5. The van der Waals surface area contributed by atoms with Gasteiger partial charge in [-0.2, -0.15) is 13.2 Å². The molecular weight excluding hydrogens is 420 g/mol. The van der Waals surface area contributed by atoms with Crippen LogP contribution in [-0.4, -0.2) is 41.1 Å². The van der Waals surface area contributed by atoms with Gasteiger partial charge in [-0.15, -0.1) is 10.2 Å². The monoisotopic (exact) mass is 438 g/mol. The Morgan fingerprint density at radius 3 is 2.50 bits per heavy atom. The van der Waals surface area contributed by atoms with Gasteiger partial charge in [0.05, 0.1) is 24.5 Å². The number of nitrogens with zero attached hydrogens (tertiary/aromatic N) is 4. The summed E-state index contributed by atoms with van der Waals surface area (Å²) >= 11 is 1.12. The van der Waals surface area contributed by atoms with Crippen LogP contribution in [-0.2, 0) is 16.7 Å². The molecule has 158 valence electrons. The summed E-state index contributed by atoms with van der Waals surface area (Å²) in [6.07, 6.45) is -4.44. The van der Waals surface area contributed by atoms with E-state index in [1.807, 2.05) is 4.90 Å². The largest absolute Gasteiger partial charge is 0.416 e. The smallest absolute Gasteiger partial charge is 0.378 e. The number of alkyl halides is 3. The Kier molecular flexibility index (Phi) is 5.96.